The van der Waals surface area contributed by atoms with Gasteiger partial charge in [0, 0.05) is 16.8 Å². The van der Waals surface area contributed by atoms with Crippen LogP contribution in [0, 0.1) is 0 Å². The Hall–Kier alpha value is -3.91. The zero-order chi connectivity index (χ0) is 22.5. The number of carbonyl (C=O) groups is 2. The van der Waals surface area contributed by atoms with E-state index in [0.717, 1.165) is 20.8 Å². The van der Waals surface area contributed by atoms with E-state index in [1.807, 2.05) is 48.5 Å². The minimum absolute atomic E-state index is 0.275. The Morgan fingerprint density at radius 3 is 2.47 bits per heavy atom. The number of nitrogens with one attached hydrogen (secondary N) is 1. The number of fused-ring (bicyclic) bond motifs is 1. The Morgan fingerprint density at radius 2 is 1.75 bits per heavy atom. The van der Waals surface area contributed by atoms with Crippen LogP contribution < -0.4 is 14.8 Å². The fraction of sp³-hybridized carbons (Fsp3) is 0.125. The second-order valence-corrected chi connectivity index (χ2v) is 7.78. The second kappa shape index (κ2) is 9.49. The van der Waals surface area contributed by atoms with Gasteiger partial charge in [0.1, 0.15) is 5.01 Å². The predicted molar refractivity (Wildman–Crippen MR) is 124 cm³/mol. The molecular formula is C24H20N2O5S. The summed E-state index contributed by atoms with van der Waals surface area (Å²) in [5, 5.41) is 3.78. The zero-order valence-corrected chi connectivity index (χ0v) is 18.3. The number of aromatic nitrogens is 1. The van der Waals surface area contributed by atoms with E-state index in [0.29, 0.717) is 17.0 Å². The number of nitrogens with zero attached hydrogens (tertiary/aromatic N) is 1. The van der Waals surface area contributed by atoms with Gasteiger partial charge in [0.25, 0.3) is 5.91 Å². The first-order valence-corrected chi connectivity index (χ1v) is 10.5. The van der Waals surface area contributed by atoms with Crippen LogP contribution in [-0.2, 0) is 9.53 Å². The largest absolute Gasteiger partial charge is 0.493 e. The summed E-state index contributed by atoms with van der Waals surface area (Å²) >= 11 is 1.62. The molecular weight excluding hydrogens is 428 g/mol. The first-order chi connectivity index (χ1) is 15.6. The maximum Gasteiger partial charge on any atom is 0.343 e. The third-order valence-corrected chi connectivity index (χ3v) is 5.77. The number of rotatable bonds is 7. The maximum atomic E-state index is 12.7. The quantitative estimate of drug-likeness (QED) is 0.410. The van der Waals surface area contributed by atoms with Crippen molar-refractivity contribution in [2.24, 2.45) is 0 Å². The van der Waals surface area contributed by atoms with Crippen LogP contribution in [0.25, 0.3) is 20.8 Å². The van der Waals surface area contributed by atoms with Gasteiger partial charge in [-0.2, -0.15) is 0 Å². The van der Waals surface area contributed by atoms with Gasteiger partial charge >= 0.3 is 5.97 Å². The molecule has 0 saturated carbocycles. The number of benzene rings is 3. The number of hydrogen-bond acceptors (Lipinski definition) is 7. The average Bonchev–Trinajstić information content (AvgIpc) is 3.27. The van der Waals surface area contributed by atoms with Crippen molar-refractivity contribution in [3.63, 3.8) is 0 Å². The van der Waals surface area contributed by atoms with E-state index in [4.69, 9.17) is 9.47 Å². The lowest BCUT2D eigenvalue weighted by molar-refractivity contribution is -0.142. The monoisotopic (exact) mass is 448 g/mol. The van der Waals surface area contributed by atoms with Crippen LogP contribution in [0.3, 0.4) is 0 Å². The van der Waals surface area contributed by atoms with Crippen molar-refractivity contribution in [3.05, 3.63) is 72.3 Å². The SMILES string of the molecule is COC(=O)COc1cc(C(=O)Nc2ccc(-c3nc4ccccc4s3)cc2)ccc1OC. The molecule has 1 N–H and O–H groups in total. The van der Waals surface area contributed by atoms with Gasteiger partial charge in [0.2, 0.25) is 0 Å². The van der Waals surface area contributed by atoms with E-state index in [1.54, 1.807) is 23.5 Å². The molecule has 0 aliphatic heterocycles. The molecule has 0 fully saturated rings. The zero-order valence-electron chi connectivity index (χ0n) is 17.5. The molecule has 0 atom stereocenters. The number of esters is 1. The lowest BCUT2D eigenvalue weighted by Gasteiger charge is -2.12. The van der Waals surface area contributed by atoms with Crippen molar-refractivity contribution in [1.82, 2.24) is 4.98 Å². The third-order valence-electron chi connectivity index (χ3n) is 4.68. The molecule has 32 heavy (non-hydrogen) atoms. The highest BCUT2D eigenvalue weighted by Crippen LogP contribution is 2.31. The van der Waals surface area contributed by atoms with Crippen LogP contribution in [0.4, 0.5) is 5.69 Å². The topological polar surface area (TPSA) is 86.8 Å². The summed E-state index contributed by atoms with van der Waals surface area (Å²) in [6.07, 6.45) is 0. The highest BCUT2D eigenvalue weighted by Gasteiger charge is 2.14. The van der Waals surface area contributed by atoms with Gasteiger partial charge in [0.15, 0.2) is 18.1 Å². The Balaban J connectivity index is 1.48. The molecule has 0 aliphatic carbocycles. The van der Waals surface area contributed by atoms with Crippen LogP contribution in [0.2, 0.25) is 0 Å². The normalized spacial score (nSPS) is 10.6. The van der Waals surface area contributed by atoms with E-state index in [2.05, 4.69) is 15.0 Å². The van der Waals surface area contributed by atoms with Crippen LogP contribution in [0.15, 0.2) is 66.7 Å². The third kappa shape index (κ3) is 4.70. The summed E-state index contributed by atoms with van der Waals surface area (Å²) in [5.41, 5.74) is 2.95. The van der Waals surface area contributed by atoms with Crippen LogP contribution in [-0.4, -0.2) is 37.7 Å². The number of thiazole rings is 1. The summed E-state index contributed by atoms with van der Waals surface area (Å²) in [4.78, 5) is 28.7. The Morgan fingerprint density at radius 1 is 0.969 bits per heavy atom. The van der Waals surface area contributed by atoms with E-state index in [1.165, 1.54) is 20.3 Å². The number of anilines is 1. The smallest absolute Gasteiger partial charge is 0.343 e. The standard InChI is InChI=1S/C24H20N2O5S/c1-29-19-12-9-16(13-20(19)31-14-22(27)30-2)23(28)25-17-10-7-15(8-11-17)24-26-18-5-3-4-6-21(18)32-24/h3-13H,14H2,1-2H3,(H,25,28). The highest BCUT2D eigenvalue weighted by molar-refractivity contribution is 7.21. The molecule has 4 aromatic rings. The first-order valence-electron chi connectivity index (χ1n) is 9.72. The summed E-state index contributed by atoms with van der Waals surface area (Å²) < 4.78 is 16.4. The van der Waals surface area contributed by atoms with Crippen molar-refractivity contribution < 1.29 is 23.8 Å². The highest BCUT2D eigenvalue weighted by atomic mass is 32.1. The average molecular weight is 449 g/mol. The molecule has 7 nitrogen and oxygen atoms in total. The van der Waals surface area contributed by atoms with Gasteiger partial charge in [-0.25, -0.2) is 9.78 Å². The van der Waals surface area contributed by atoms with Gasteiger partial charge in [-0.15, -0.1) is 11.3 Å². The Labute approximate surface area is 188 Å². The molecule has 1 aromatic heterocycles. The van der Waals surface area contributed by atoms with Gasteiger partial charge in [0.05, 0.1) is 24.4 Å². The molecule has 0 unspecified atom stereocenters. The number of methoxy groups -OCH3 is 2. The van der Waals surface area contributed by atoms with Gasteiger partial charge in [-0.05, 0) is 54.6 Å². The first kappa shape index (κ1) is 21.3. The van der Waals surface area contributed by atoms with Crippen molar-refractivity contribution >= 4 is 39.1 Å². The van der Waals surface area contributed by atoms with Gasteiger partial charge in [-0.3, -0.25) is 4.79 Å². The molecule has 162 valence electrons. The van der Waals surface area contributed by atoms with Crippen LogP contribution in [0.1, 0.15) is 10.4 Å². The molecule has 0 saturated heterocycles. The van der Waals surface area contributed by atoms with Crippen LogP contribution in [0.5, 0.6) is 11.5 Å². The maximum absolute atomic E-state index is 12.7. The number of para-hydroxylation sites is 1. The second-order valence-electron chi connectivity index (χ2n) is 6.75. The number of hydrogen-bond donors (Lipinski definition) is 1. The van der Waals surface area contributed by atoms with E-state index >= 15 is 0 Å². The van der Waals surface area contributed by atoms with Crippen LogP contribution >= 0.6 is 11.3 Å². The van der Waals surface area contributed by atoms with E-state index < -0.39 is 5.97 Å². The summed E-state index contributed by atoms with van der Waals surface area (Å²) in [6, 6.07) is 20.3. The molecule has 0 radical (unpaired) electrons. The molecule has 1 heterocycles. The predicted octanol–water partition coefficient (Wildman–Crippen LogP) is 4.78. The van der Waals surface area contributed by atoms with E-state index in [9.17, 15) is 9.59 Å². The van der Waals surface area contributed by atoms with E-state index in [-0.39, 0.29) is 18.3 Å². The van der Waals surface area contributed by atoms with Crippen molar-refractivity contribution in [1.29, 1.82) is 0 Å². The van der Waals surface area contributed by atoms with Gasteiger partial charge in [-0.1, -0.05) is 12.1 Å². The lowest BCUT2D eigenvalue weighted by Crippen LogP contribution is -2.15. The summed E-state index contributed by atoms with van der Waals surface area (Å²) in [5.74, 6) is -0.166. The lowest BCUT2D eigenvalue weighted by atomic mass is 10.1. The molecule has 1 amide bonds. The minimum Gasteiger partial charge on any atom is -0.493 e. The number of amides is 1. The fourth-order valence-corrected chi connectivity index (χ4v) is 3.99. The molecule has 4 rings (SSSR count). The number of carbonyl (C=O) groups excluding carboxylic acids is 2. The fourth-order valence-electron chi connectivity index (χ4n) is 3.02. The van der Waals surface area contributed by atoms with Crippen molar-refractivity contribution in [2.45, 2.75) is 0 Å². The molecule has 0 bridgehead atoms. The van der Waals surface area contributed by atoms with Crippen molar-refractivity contribution in [3.8, 4) is 22.1 Å². The van der Waals surface area contributed by atoms with Gasteiger partial charge < -0.3 is 19.5 Å². The molecule has 3 aromatic carbocycles. The summed E-state index contributed by atoms with van der Waals surface area (Å²) in [7, 11) is 2.75. The van der Waals surface area contributed by atoms with Crippen molar-refractivity contribution in [2.75, 3.05) is 26.1 Å². The molecule has 0 spiro atoms. The Bertz CT molecular complexity index is 1230. The Kier molecular flexibility index (Phi) is 6.32. The number of ether oxygens (including phenoxy) is 3. The molecule has 8 heteroatoms. The molecule has 0 aliphatic rings. The summed E-state index contributed by atoms with van der Waals surface area (Å²) in [6.45, 7) is -0.287. The minimum atomic E-state index is -0.532.